The maximum absolute atomic E-state index is 13.0. The molecule has 2 N–H and O–H groups in total. The number of thioether (sulfide) groups is 1. The van der Waals surface area contributed by atoms with Crippen molar-refractivity contribution in [1.29, 1.82) is 0 Å². The maximum Gasteiger partial charge on any atom is 0.309 e. The molecule has 1 aliphatic heterocycles. The summed E-state index contributed by atoms with van der Waals surface area (Å²) in [6.07, 6.45) is 2.31. The molecule has 2 aromatic carbocycles. The molecular weight excluding hydrogens is 414 g/mol. The van der Waals surface area contributed by atoms with Gasteiger partial charge < -0.3 is 19.6 Å². The van der Waals surface area contributed by atoms with Crippen LogP contribution in [0, 0.1) is 0 Å². The molecule has 1 aliphatic rings. The van der Waals surface area contributed by atoms with Crippen LogP contribution in [-0.2, 0) is 11.2 Å². The molecule has 0 saturated heterocycles. The van der Waals surface area contributed by atoms with E-state index < -0.39 is 11.9 Å². The van der Waals surface area contributed by atoms with Gasteiger partial charge in [0.25, 0.3) is 0 Å². The minimum absolute atomic E-state index is 0.151. The summed E-state index contributed by atoms with van der Waals surface area (Å²) in [4.78, 5) is 31.4. The Morgan fingerprint density at radius 3 is 2.94 bits per heavy atom. The maximum atomic E-state index is 13.0. The quantitative estimate of drug-likeness (QED) is 0.513. The normalized spacial score (nSPS) is 16.2. The molecule has 8 nitrogen and oxygen atoms in total. The van der Waals surface area contributed by atoms with E-state index in [-0.39, 0.29) is 11.8 Å². The highest BCUT2D eigenvalue weighted by molar-refractivity contribution is 7.99. The molecule has 0 unspecified atom stereocenters. The van der Waals surface area contributed by atoms with E-state index in [9.17, 15) is 9.59 Å². The molecule has 2 aromatic heterocycles. The Morgan fingerprint density at radius 2 is 2.10 bits per heavy atom. The van der Waals surface area contributed by atoms with Crippen molar-refractivity contribution in [1.82, 2.24) is 20.5 Å². The average Bonchev–Trinajstić information content (AvgIpc) is 3.42. The minimum atomic E-state index is -0.710. The van der Waals surface area contributed by atoms with E-state index >= 15 is 0 Å². The number of nitrogens with one attached hydrogen (secondary N) is 2. The zero-order valence-electron chi connectivity index (χ0n) is 16.7. The highest BCUT2D eigenvalue weighted by Gasteiger charge is 2.31. The van der Waals surface area contributed by atoms with Crippen LogP contribution in [-0.4, -0.2) is 45.8 Å². The van der Waals surface area contributed by atoms with Crippen molar-refractivity contribution >= 4 is 40.2 Å². The number of aromatic nitrogens is 3. The van der Waals surface area contributed by atoms with Gasteiger partial charge in [0, 0.05) is 34.8 Å². The molecule has 0 saturated carbocycles. The molecule has 1 atom stereocenters. The van der Waals surface area contributed by atoms with Crippen LogP contribution in [0.5, 0.6) is 0 Å². The zero-order valence-corrected chi connectivity index (χ0v) is 17.5. The molecule has 2 amide bonds. The first-order chi connectivity index (χ1) is 15.1. The Labute approximate surface area is 182 Å². The lowest BCUT2D eigenvalue weighted by Crippen LogP contribution is -2.48. The smallest absolute Gasteiger partial charge is 0.309 e. The SMILES string of the molecule is CN1C(=O)[C@@H](NC(=O)c2nnc(Cc3ccccc3)o2)CSc2cc3[nH]ccc3cc21. The largest absolute Gasteiger partial charge is 0.417 e. The van der Waals surface area contributed by atoms with Gasteiger partial charge in [-0.3, -0.25) is 9.59 Å². The summed E-state index contributed by atoms with van der Waals surface area (Å²) in [6, 6.07) is 14.9. The lowest BCUT2D eigenvalue weighted by Gasteiger charge is -2.21. The first-order valence-electron chi connectivity index (χ1n) is 9.77. The van der Waals surface area contributed by atoms with Gasteiger partial charge >= 0.3 is 11.8 Å². The van der Waals surface area contributed by atoms with Crippen LogP contribution >= 0.6 is 11.8 Å². The van der Waals surface area contributed by atoms with Crippen molar-refractivity contribution in [2.24, 2.45) is 0 Å². The number of carbonyl (C=O) groups is 2. The predicted octanol–water partition coefficient (Wildman–Crippen LogP) is 3.01. The number of anilines is 1. The lowest BCUT2D eigenvalue weighted by molar-refractivity contribution is -0.119. The van der Waals surface area contributed by atoms with E-state index in [1.165, 1.54) is 11.8 Å². The number of amides is 2. The van der Waals surface area contributed by atoms with Crippen LogP contribution in [0.25, 0.3) is 10.9 Å². The lowest BCUT2D eigenvalue weighted by atomic mass is 10.2. The molecule has 0 spiro atoms. The first-order valence-corrected chi connectivity index (χ1v) is 10.8. The Kier molecular flexibility index (Phi) is 4.95. The second-order valence-electron chi connectivity index (χ2n) is 7.28. The average molecular weight is 433 g/mol. The number of carbonyl (C=O) groups excluding carboxylic acids is 2. The van der Waals surface area contributed by atoms with Gasteiger partial charge in [-0.2, -0.15) is 0 Å². The number of benzene rings is 2. The number of rotatable bonds is 4. The van der Waals surface area contributed by atoms with Gasteiger partial charge in [-0.25, -0.2) is 0 Å². The van der Waals surface area contributed by atoms with Gasteiger partial charge in [-0.1, -0.05) is 30.3 Å². The van der Waals surface area contributed by atoms with Crippen molar-refractivity contribution in [3.05, 3.63) is 72.1 Å². The van der Waals surface area contributed by atoms with E-state index in [1.54, 1.807) is 11.9 Å². The number of fused-ring (bicyclic) bond motifs is 2. The van der Waals surface area contributed by atoms with Gasteiger partial charge in [0.2, 0.25) is 11.8 Å². The van der Waals surface area contributed by atoms with Crippen LogP contribution in [0.15, 0.2) is 64.0 Å². The van der Waals surface area contributed by atoms with Gasteiger partial charge in [-0.15, -0.1) is 22.0 Å². The Bertz CT molecular complexity index is 1270. The summed E-state index contributed by atoms with van der Waals surface area (Å²) in [6.45, 7) is 0. The zero-order chi connectivity index (χ0) is 21.4. The minimum Gasteiger partial charge on any atom is -0.417 e. The van der Waals surface area contributed by atoms with Crippen LogP contribution in [0.2, 0.25) is 0 Å². The van der Waals surface area contributed by atoms with E-state index in [0.717, 1.165) is 27.0 Å². The summed E-state index contributed by atoms with van der Waals surface area (Å²) in [5.41, 5.74) is 2.83. The van der Waals surface area contributed by atoms with Crippen LogP contribution in [0.3, 0.4) is 0 Å². The molecule has 0 bridgehead atoms. The van der Waals surface area contributed by atoms with E-state index in [0.29, 0.717) is 18.1 Å². The molecule has 0 radical (unpaired) electrons. The highest BCUT2D eigenvalue weighted by Crippen LogP contribution is 2.36. The third-order valence-corrected chi connectivity index (χ3v) is 6.33. The Balaban J connectivity index is 1.31. The van der Waals surface area contributed by atoms with Crippen molar-refractivity contribution in [3.8, 4) is 0 Å². The van der Waals surface area contributed by atoms with E-state index in [2.05, 4.69) is 20.5 Å². The first kappa shape index (κ1) is 19.4. The second-order valence-corrected chi connectivity index (χ2v) is 8.34. The molecule has 9 heteroatoms. The number of hydrogen-bond donors (Lipinski definition) is 2. The van der Waals surface area contributed by atoms with Crippen molar-refractivity contribution in [2.75, 3.05) is 17.7 Å². The third-order valence-electron chi connectivity index (χ3n) is 5.19. The molecule has 5 rings (SSSR count). The van der Waals surface area contributed by atoms with Gasteiger partial charge in [-0.05, 0) is 23.8 Å². The summed E-state index contributed by atoms with van der Waals surface area (Å²) in [7, 11) is 1.72. The third kappa shape index (κ3) is 3.79. The van der Waals surface area contributed by atoms with E-state index in [4.69, 9.17) is 4.42 Å². The second kappa shape index (κ2) is 7.92. The predicted molar refractivity (Wildman–Crippen MR) is 117 cm³/mol. The number of likely N-dealkylation sites (N-methyl/N-ethyl adjacent to an activating group) is 1. The fourth-order valence-electron chi connectivity index (χ4n) is 3.55. The number of aromatic amines is 1. The fraction of sp³-hybridized carbons (Fsp3) is 0.182. The topological polar surface area (TPSA) is 104 Å². The van der Waals surface area contributed by atoms with Gasteiger partial charge in [0.1, 0.15) is 6.04 Å². The summed E-state index contributed by atoms with van der Waals surface area (Å²) >= 11 is 1.52. The van der Waals surface area contributed by atoms with Crippen LogP contribution < -0.4 is 10.2 Å². The number of hydrogen-bond acceptors (Lipinski definition) is 6. The summed E-state index contributed by atoms with van der Waals surface area (Å²) < 4.78 is 5.52. The summed E-state index contributed by atoms with van der Waals surface area (Å²) in [5.74, 6) is -0.159. The standard InChI is InChI=1S/C22H19N5O3S/c1-27-17-10-14-7-8-23-15(14)11-18(17)31-12-16(22(27)29)24-20(28)21-26-25-19(30-21)9-13-5-3-2-4-6-13/h2-8,10-11,16,23H,9,12H2,1H3,(H,24,28)/t16-/m0/s1. The molecular formula is C22H19N5O3S. The number of H-pyrrole nitrogens is 1. The molecule has 0 fully saturated rings. The molecule has 4 aromatic rings. The van der Waals surface area contributed by atoms with Gasteiger partial charge in [0.15, 0.2) is 0 Å². The van der Waals surface area contributed by atoms with Gasteiger partial charge in [0.05, 0.1) is 12.1 Å². The Hall–Kier alpha value is -3.59. The van der Waals surface area contributed by atoms with E-state index in [1.807, 2.05) is 54.7 Å². The number of nitrogens with zero attached hydrogens (tertiary/aromatic N) is 3. The molecule has 31 heavy (non-hydrogen) atoms. The monoisotopic (exact) mass is 433 g/mol. The molecule has 0 aliphatic carbocycles. The fourth-order valence-corrected chi connectivity index (χ4v) is 4.67. The highest BCUT2D eigenvalue weighted by atomic mass is 32.2. The van der Waals surface area contributed by atoms with Crippen molar-refractivity contribution < 1.29 is 14.0 Å². The van der Waals surface area contributed by atoms with Crippen molar-refractivity contribution in [2.45, 2.75) is 17.4 Å². The van der Waals surface area contributed by atoms with Crippen LogP contribution in [0.1, 0.15) is 22.1 Å². The Morgan fingerprint density at radius 1 is 1.26 bits per heavy atom. The molecule has 3 heterocycles. The van der Waals surface area contributed by atoms with Crippen molar-refractivity contribution in [3.63, 3.8) is 0 Å². The molecule has 156 valence electrons. The summed E-state index contributed by atoms with van der Waals surface area (Å²) in [5, 5.41) is 11.6. The van der Waals surface area contributed by atoms with Crippen LogP contribution in [0.4, 0.5) is 5.69 Å².